The van der Waals surface area contributed by atoms with Gasteiger partial charge in [-0.1, -0.05) is 0 Å². The summed E-state index contributed by atoms with van der Waals surface area (Å²) in [4.78, 5) is 55.2. The first-order chi connectivity index (χ1) is 19.2. The van der Waals surface area contributed by atoms with E-state index in [0.29, 0.717) is 10.6 Å². The predicted molar refractivity (Wildman–Crippen MR) is 134 cm³/mol. The molecule has 18 heteroatoms. The molecule has 2 aromatic rings. The number of carbonyl (C=O) groups excluding carboxylic acids is 4. The van der Waals surface area contributed by atoms with Crippen molar-refractivity contribution in [1.29, 1.82) is 0 Å². The van der Waals surface area contributed by atoms with Gasteiger partial charge in [0.1, 0.15) is 0 Å². The summed E-state index contributed by atoms with van der Waals surface area (Å²) in [5.41, 5.74) is -3.04. The number of benzene rings is 1. The first-order valence-corrected chi connectivity index (χ1v) is 12.6. The fraction of sp³-hybridized carbons (Fsp3) is 0.478. The number of amides is 5. The number of fused-ring (bicyclic) bond motifs is 2. The number of halogens is 1. The van der Waals surface area contributed by atoms with Gasteiger partial charge in [0.25, 0.3) is 0 Å². The molecule has 41 heavy (non-hydrogen) atoms. The third-order valence-electron chi connectivity index (χ3n) is 7.70. The number of nitrogens with zero attached hydrogens (tertiary/aromatic N) is 5. The molecular weight excluding hydrogens is 550 g/mol. The van der Waals surface area contributed by atoms with Crippen molar-refractivity contribution in [2.45, 2.75) is 42.9 Å². The van der Waals surface area contributed by atoms with Crippen molar-refractivity contribution in [2.75, 3.05) is 29.4 Å². The van der Waals surface area contributed by atoms with Crippen LogP contribution in [0.1, 0.15) is 25.7 Å². The fourth-order valence-corrected chi connectivity index (χ4v) is 5.48. The Morgan fingerprint density at radius 3 is 2.46 bits per heavy atom. The molecule has 216 valence electrons. The molecule has 0 spiro atoms. The Morgan fingerprint density at radius 1 is 1.07 bits per heavy atom. The Morgan fingerprint density at radius 2 is 1.78 bits per heavy atom. The number of anilines is 2. The van der Waals surface area contributed by atoms with Gasteiger partial charge in [-0.05, 0) is 0 Å². The van der Waals surface area contributed by atoms with Crippen molar-refractivity contribution < 1.29 is 53.5 Å². The molecule has 0 aliphatic carbocycles. The number of hydrogen-bond donors (Lipinski definition) is 5. The summed E-state index contributed by atoms with van der Waals surface area (Å²) in [6.07, 6.45) is -0.910. The van der Waals surface area contributed by atoms with Crippen LogP contribution in [-0.2, 0) is 30.9 Å². The number of imide groups is 2. The van der Waals surface area contributed by atoms with Crippen molar-refractivity contribution in [3.8, 4) is 0 Å². The zero-order chi connectivity index (χ0) is 29.5. The molecule has 5 amide bonds. The Kier molecular flexibility index (Phi) is 5.90. The number of aromatic nitrogens is 2. The monoisotopic (exact) mass is 574 g/mol. The molecular formula is C23H24BFN6O10. The van der Waals surface area contributed by atoms with E-state index < -0.39 is 66.3 Å². The summed E-state index contributed by atoms with van der Waals surface area (Å²) in [7, 11) is 2.37. The Labute approximate surface area is 230 Å². The van der Waals surface area contributed by atoms with Gasteiger partial charge in [-0.25, -0.2) is 0 Å². The van der Waals surface area contributed by atoms with Crippen molar-refractivity contribution in [2.24, 2.45) is 7.05 Å². The van der Waals surface area contributed by atoms with Gasteiger partial charge < -0.3 is 0 Å². The number of aryl methyl sites for hydroxylation is 1. The summed E-state index contributed by atoms with van der Waals surface area (Å²) >= 11 is 0. The average molecular weight is 574 g/mol. The molecule has 4 aliphatic heterocycles. The molecule has 3 fully saturated rings. The van der Waals surface area contributed by atoms with E-state index in [9.17, 15) is 39.6 Å². The third kappa shape index (κ3) is 4.05. The van der Waals surface area contributed by atoms with Gasteiger partial charge in [0.15, 0.2) is 0 Å². The van der Waals surface area contributed by atoms with Crippen LogP contribution in [0.15, 0.2) is 12.1 Å². The minimum atomic E-state index is -3.13. The molecule has 6 rings (SSSR count). The SMILES string of the molecule is Cn1nc(N2CCC(=O)NC2=O)c2cc(F)c(N3CC(O)(O)C4(O)CC(ON5C(=O)CCC5=O)=BOC4(O)C3)cc21. The standard InChI is InChI=1S/C23H24BFN6O10/c1-28-13-7-14(12(25)6-11(13)19(27-28)30-5-4-16(32)26-20(30)35)29-9-22(37,38)21(36)8-15(24-41-23(21,39)10-29)40-31-17(33)2-3-18(31)34/h6-7,36-39H,2-5,8-10H2,1H3,(H,26,32,35). The van der Waals surface area contributed by atoms with Crippen molar-refractivity contribution >= 4 is 58.9 Å². The zero-order valence-electron chi connectivity index (χ0n) is 21.5. The van der Waals surface area contributed by atoms with Crippen LogP contribution in [0.25, 0.3) is 10.9 Å². The Balaban J connectivity index is 1.31. The van der Waals surface area contributed by atoms with E-state index in [1.807, 2.05) is 0 Å². The number of piperidine rings is 1. The third-order valence-corrected chi connectivity index (χ3v) is 7.70. The maximum atomic E-state index is 15.6. The number of hydrogen-bond acceptors (Lipinski definition) is 12. The molecule has 0 saturated carbocycles. The number of rotatable bonds is 4. The van der Waals surface area contributed by atoms with E-state index >= 15 is 4.39 Å². The number of carbonyl (C=O) groups is 4. The van der Waals surface area contributed by atoms with Gasteiger partial charge in [-0.2, -0.15) is 0 Å². The van der Waals surface area contributed by atoms with Crippen LogP contribution >= 0.6 is 0 Å². The topological polar surface area (TPSA) is 207 Å². The normalized spacial score (nSPS) is 27.9. The molecule has 4 aliphatic rings. The van der Waals surface area contributed by atoms with Crippen molar-refractivity contribution in [3.63, 3.8) is 0 Å². The summed E-state index contributed by atoms with van der Waals surface area (Å²) in [6.45, 7) is -1.43. The van der Waals surface area contributed by atoms with Gasteiger partial charge in [-0.3, -0.25) is 4.79 Å². The van der Waals surface area contributed by atoms with Crippen LogP contribution in [0.3, 0.4) is 0 Å². The summed E-state index contributed by atoms with van der Waals surface area (Å²) < 4.78 is 22.2. The van der Waals surface area contributed by atoms with E-state index in [1.165, 1.54) is 22.7 Å². The molecule has 1 aromatic heterocycles. The van der Waals surface area contributed by atoms with Gasteiger partial charge in [-0.15, -0.1) is 0 Å². The molecule has 1 aromatic carbocycles. The second kappa shape index (κ2) is 8.94. The zero-order valence-corrected chi connectivity index (χ0v) is 21.5. The molecule has 0 radical (unpaired) electrons. The summed E-state index contributed by atoms with van der Waals surface area (Å²) in [5, 5.41) is 51.7. The quantitative estimate of drug-likeness (QED) is 0.144. The number of β-amino-alcohol motifs (C(OH)–C–C–N with tert-alkyl or cyclic N) is 3. The van der Waals surface area contributed by atoms with E-state index in [0.717, 1.165) is 18.1 Å². The first kappa shape index (κ1) is 27.1. The van der Waals surface area contributed by atoms with E-state index in [1.54, 1.807) is 0 Å². The molecule has 2 atom stereocenters. The van der Waals surface area contributed by atoms with Crippen LogP contribution in [0, 0.1) is 5.82 Å². The van der Waals surface area contributed by atoms with Crippen LogP contribution in [0.2, 0.25) is 0 Å². The van der Waals surface area contributed by atoms with Crippen LogP contribution < -0.4 is 15.1 Å². The number of hydroxylamine groups is 2. The van der Waals surface area contributed by atoms with Gasteiger partial charge in [0, 0.05) is 0 Å². The van der Waals surface area contributed by atoms with Gasteiger partial charge in [0.05, 0.1) is 0 Å². The van der Waals surface area contributed by atoms with Gasteiger partial charge in [0.2, 0.25) is 5.91 Å². The van der Waals surface area contributed by atoms with Crippen molar-refractivity contribution in [1.82, 2.24) is 20.2 Å². The van der Waals surface area contributed by atoms with Crippen LogP contribution in [0.4, 0.5) is 20.7 Å². The molecule has 0 bridgehead atoms. The van der Waals surface area contributed by atoms with E-state index in [-0.39, 0.29) is 48.3 Å². The molecule has 2 unspecified atom stereocenters. The maximum absolute atomic E-state index is 15.6. The average Bonchev–Trinajstić information content (AvgIpc) is 3.37. The second-order valence-electron chi connectivity index (χ2n) is 10.4. The molecule has 16 nitrogen and oxygen atoms in total. The van der Waals surface area contributed by atoms with Crippen LogP contribution in [-0.4, -0.2) is 109 Å². The van der Waals surface area contributed by atoms with Crippen LogP contribution in [0.5, 0.6) is 0 Å². The second-order valence-corrected chi connectivity index (χ2v) is 10.4. The van der Waals surface area contributed by atoms with E-state index in [4.69, 9.17) is 9.49 Å². The molecule has 3 saturated heterocycles. The van der Waals surface area contributed by atoms with E-state index in [2.05, 4.69) is 10.4 Å². The Hall–Kier alpha value is -4.13. The number of nitrogens with one attached hydrogen (secondary N) is 1. The Bertz CT molecular complexity index is 1550. The fourth-order valence-electron chi connectivity index (χ4n) is 5.48. The van der Waals surface area contributed by atoms with Crippen molar-refractivity contribution in [3.05, 3.63) is 17.9 Å². The number of urea groups is 1. The number of aliphatic hydroxyl groups is 4. The minimum absolute atomic E-state index is 0.0283. The summed E-state index contributed by atoms with van der Waals surface area (Å²) in [5.74, 6) is -8.35. The molecule has 5 heterocycles. The summed E-state index contributed by atoms with van der Waals surface area (Å²) in [6, 6.07) is 1.68. The first-order valence-electron chi connectivity index (χ1n) is 12.6. The molecule has 5 N–H and O–H groups in total. The predicted octanol–water partition coefficient (Wildman–Crippen LogP) is -2.67. The van der Waals surface area contributed by atoms with Gasteiger partial charge >= 0.3 is 219 Å².